The lowest BCUT2D eigenvalue weighted by Gasteiger charge is -2.49. The number of esters is 2. The maximum absolute atomic E-state index is 15.4. The number of hydrogen-bond acceptors (Lipinski definition) is 7. The molecule has 264 valence electrons. The third kappa shape index (κ3) is 3.50. The maximum atomic E-state index is 15.4. The van der Waals surface area contributed by atoms with Gasteiger partial charge in [-0.3, -0.25) is 19.4 Å². The van der Waals surface area contributed by atoms with Crippen LogP contribution in [0.15, 0.2) is 109 Å². The monoisotopic (exact) mass is 694 g/mol. The van der Waals surface area contributed by atoms with Crippen LogP contribution in [0.4, 0.5) is 4.79 Å². The van der Waals surface area contributed by atoms with Crippen molar-refractivity contribution >= 4 is 18.0 Å². The molecule has 6 bridgehead atoms. The summed E-state index contributed by atoms with van der Waals surface area (Å²) >= 11 is 0. The van der Waals surface area contributed by atoms with Crippen LogP contribution in [0, 0.1) is 29.1 Å². The standard InChI is InChI=1S/C44H42N2O6/c1-42(2)31-27-19-11-12-20-28(27)32(42)34-33(31)43(39(47)50-3)35-36(44(34,40(48)51-4)45(43)23-25-15-7-5-8-16-25)38-30-22-14-13-21-29(30)37(35)46(38)41(49)52-24-26-17-9-6-10-18-26/h5-22,31-38H,23-24H2,1-4H3/t31-,32+,33-,34+,35-,36+,37+,38-,43-,44+. The fourth-order valence-corrected chi connectivity index (χ4v) is 13.1. The predicted octanol–water partition coefficient (Wildman–Crippen LogP) is 7.17. The second-order valence-electron chi connectivity index (χ2n) is 16.2. The molecule has 0 radical (unpaired) electrons. The molecular formula is C44H42N2O6. The van der Waals surface area contributed by atoms with Gasteiger partial charge >= 0.3 is 18.0 Å². The van der Waals surface area contributed by atoms with E-state index < -0.39 is 41.1 Å². The van der Waals surface area contributed by atoms with E-state index in [1.807, 2.05) is 65.6 Å². The van der Waals surface area contributed by atoms with Gasteiger partial charge in [-0.05, 0) is 50.6 Å². The average Bonchev–Trinajstić information content (AvgIpc) is 3.95. The Bertz CT molecular complexity index is 2040. The summed E-state index contributed by atoms with van der Waals surface area (Å²) in [5.74, 6) is -2.22. The molecule has 8 heteroatoms. The van der Waals surface area contributed by atoms with Crippen LogP contribution in [-0.4, -0.2) is 53.1 Å². The molecule has 4 aromatic carbocycles. The van der Waals surface area contributed by atoms with Gasteiger partial charge in [-0.1, -0.05) is 123 Å². The largest absolute Gasteiger partial charge is 0.468 e. The first kappa shape index (κ1) is 31.8. The van der Waals surface area contributed by atoms with Crippen LogP contribution >= 0.6 is 0 Å². The minimum absolute atomic E-state index is 0.0311. The highest BCUT2D eigenvalue weighted by Crippen LogP contribution is 2.86. The number of amides is 1. The summed E-state index contributed by atoms with van der Waals surface area (Å²) in [6, 6.07) is 35.5. The Balaban J connectivity index is 1.24. The van der Waals surface area contributed by atoms with E-state index in [1.54, 1.807) is 0 Å². The van der Waals surface area contributed by atoms with E-state index in [9.17, 15) is 4.79 Å². The molecule has 2 aliphatic carbocycles. The van der Waals surface area contributed by atoms with E-state index in [1.165, 1.54) is 25.3 Å². The summed E-state index contributed by atoms with van der Waals surface area (Å²) in [6.45, 7) is 5.09. The molecule has 4 heterocycles. The molecule has 0 unspecified atom stereocenters. The molecule has 8 nitrogen and oxygen atoms in total. The Morgan fingerprint density at radius 3 is 1.46 bits per heavy atom. The molecule has 4 aliphatic heterocycles. The third-order valence-corrected chi connectivity index (χ3v) is 14.2. The van der Waals surface area contributed by atoms with Crippen molar-refractivity contribution in [2.24, 2.45) is 29.1 Å². The van der Waals surface area contributed by atoms with Crippen LogP contribution in [0.25, 0.3) is 0 Å². The summed E-state index contributed by atoms with van der Waals surface area (Å²) in [6.07, 6.45) is -0.449. The van der Waals surface area contributed by atoms with Crippen molar-refractivity contribution in [3.63, 3.8) is 0 Å². The summed E-state index contributed by atoms with van der Waals surface area (Å²) in [5.41, 5.74) is 3.60. The van der Waals surface area contributed by atoms with E-state index in [0.717, 1.165) is 22.3 Å². The summed E-state index contributed by atoms with van der Waals surface area (Å²) in [5, 5.41) is 0. The molecule has 0 aromatic heterocycles. The lowest BCUT2D eigenvalue weighted by Crippen LogP contribution is -2.61. The van der Waals surface area contributed by atoms with E-state index in [4.69, 9.17) is 14.2 Å². The van der Waals surface area contributed by atoms with Gasteiger partial charge < -0.3 is 14.2 Å². The van der Waals surface area contributed by atoms with Gasteiger partial charge in [0.05, 0.1) is 26.3 Å². The van der Waals surface area contributed by atoms with Crippen LogP contribution in [0.5, 0.6) is 0 Å². The van der Waals surface area contributed by atoms with Gasteiger partial charge in [0.15, 0.2) is 0 Å². The lowest BCUT2D eigenvalue weighted by molar-refractivity contribution is -0.165. The Hall–Kier alpha value is -4.95. The minimum Gasteiger partial charge on any atom is -0.468 e. The molecule has 1 amide bonds. The fraction of sp³-hybridized carbons (Fsp3) is 0.386. The van der Waals surface area contributed by atoms with E-state index in [-0.39, 0.29) is 47.6 Å². The molecule has 52 heavy (non-hydrogen) atoms. The topological polar surface area (TPSA) is 85.4 Å². The van der Waals surface area contributed by atoms with E-state index >= 15 is 9.59 Å². The number of fused-ring (bicyclic) bond motifs is 22. The number of ether oxygens (including phenoxy) is 3. The van der Waals surface area contributed by atoms with Crippen LogP contribution in [0.3, 0.4) is 0 Å². The van der Waals surface area contributed by atoms with Gasteiger partial charge in [0, 0.05) is 30.2 Å². The average molecular weight is 695 g/mol. The first-order valence-corrected chi connectivity index (χ1v) is 18.4. The van der Waals surface area contributed by atoms with Crippen molar-refractivity contribution in [1.29, 1.82) is 0 Å². The molecule has 4 aromatic rings. The highest BCUT2D eigenvalue weighted by molar-refractivity contribution is 5.94. The van der Waals surface area contributed by atoms with Crippen molar-refractivity contribution < 1.29 is 28.6 Å². The van der Waals surface area contributed by atoms with Gasteiger partial charge in [-0.15, -0.1) is 0 Å². The first-order valence-electron chi connectivity index (χ1n) is 18.4. The molecule has 0 N–H and O–H groups in total. The molecule has 10 atom stereocenters. The molecule has 4 fully saturated rings. The van der Waals surface area contributed by atoms with Crippen LogP contribution < -0.4 is 0 Å². The van der Waals surface area contributed by atoms with Gasteiger partial charge in [-0.25, -0.2) is 4.79 Å². The van der Waals surface area contributed by atoms with Crippen LogP contribution in [-0.2, 0) is 37.0 Å². The second-order valence-corrected chi connectivity index (χ2v) is 16.2. The van der Waals surface area contributed by atoms with Crippen LogP contribution in [0.2, 0.25) is 0 Å². The number of rotatable bonds is 6. The van der Waals surface area contributed by atoms with Gasteiger partial charge in [0.1, 0.15) is 17.7 Å². The lowest BCUT2D eigenvalue weighted by atomic mass is 9.49. The zero-order valence-corrected chi connectivity index (χ0v) is 29.8. The normalized spacial score (nSPS) is 34.7. The van der Waals surface area contributed by atoms with E-state index in [2.05, 4.69) is 67.3 Å². The second kappa shape index (κ2) is 10.8. The number of carbonyl (C=O) groups is 3. The van der Waals surface area contributed by atoms with Gasteiger partial charge in [0.25, 0.3) is 0 Å². The minimum atomic E-state index is -1.26. The molecular weight excluding hydrogens is 652 g/mol. The summed E-state index contributed by atoms with van der Waals surface area (Å²) < 4.78 is 18.1. The highest BCUT2D eigenvalue weighted by Gasteiger charge is 2.94. The van der Waals surface area contributed by atoms with Crippen molar-refractivity contribution in [3.8, 4) is 0 Å². The summed E-state index contributed by atoms with van der Waals surface area (Å²) in [4.78, 5) is 49.4. The van der Waals surface area contributed by atoms with Crippen LogP contribution in [0.1, 0.15) is 71.1 Å². The molecule has 3 saturated heterocycles. The Labute approximate surface area is 303 Å². The summed E-state index contributed by atoms with van der Waals surface area (Å²) in [7, 11) is 2.94. The quantitative estimate of drug-likeness (QED) is 0.156. The molecule has 0 spiro atoms. The van der Waals surface area contributed by atoms with Gasteiger partial charge in [0.2, 0.25) is 0 Å². The fourth-order valence-electron chi connectivity index (χ4n) is 13.1. The van der Waals surface area contributed by atoms with Crippen molar-refractivity contribution in [2.45, 2.75) is 62.0 Å². The van der Waals surface area contributed by atoms with Gasteiger partial charge in [-0.2, -0.15) is 0 Å². The predicted molar refractivity (Wildman–Crippen MR) is 192 cm³/mol. The molecule has 6 aliphatic rings. The molecule has 1 saturated carbocycles. The number of carbonyl (C=O) groups excluding carboxylic acids is 3. The number of methoxy groups -OCH3 is 2. The highest BCUT2D eigenvalue weighted by atomic mass is 16.6. The Morgan fingerprint density at radius 1 is 0.577 bits per heavy atom. The van der Waals surface area contributed by atoms with Crippen molar-refractivity contribution in [3.05, 3.63) is 143 Å². The Kier molecular flexibility index (Phi) is 6.59. The van der Waals surface area contributed by atoms with Crippen molar-refractivity contribution in [1.82, 2.24) is 9.80 Å². The van der Waals surface area contributed by atoms with Crippen molar-refractivity contribution in [2.75, 3.05) is 14.2 Å². The molecule has 10 rings (SSSR count). The van der Waals surface area contributed by atoms with E-state index in [0.29, 0.717) is 6.54 Å². The smallest absolute Gasteiger partial charge is 0.411 e. The zero-order valence-electron chi connectivity index (χ0n) is 29.8. The number of nitrogens with zero attached hydrogens (tertiary/aromatic N) is 2. The number of hydrogen-bond donors (Lipinski definition) is 0. The Morgan fingerprint density at radius 2 is 1.00 bits per heavy atom. The first-order chi connectivity index (χ1) is 25.2. The third-order valence-electron chi connectivity index (χ3n) is 14.2. The zero-order chi connectivity index (χ0) is 35.7. The SMILES string of the molecule is COC(=O)[C@]12[C@@H]3[C@@H]([C@H]4c5ccccc5[C@@H]3C4(C)C)[C@](C(=O)OC)([C@@H]3[C@H]1[C@H]1c4ccccc4[C@@H]3N1C(=O)OCc1ccccc1)N2Cc1ccccc1. The maximum Gasteiger partial charge on any atom is 0.411 e. The number of benzene rings is 4.